The van der Waals surface area contributed by atoms with Crippen LogP contribution < -0.4 is 5.32 Å². The second-order valence-corrected chi connectivity index (χ2v) is 13.0. The van der Waals surface area contributed by atoms with E-state index in [2.05, 4.69) is 19.2 Å². The highest BCUT2D eigenvalue weighted by molar-refractivity contribution is 5.76. The van der Waals surface area contributed by atoms with Crippen LogP contribution in [-0.4, -0.2) is 34.9 Å². The van der Waals surface area contributed by atoms with Crippen molar-refractivity contribution in [3.8, 4) is 0 Å². The molecule has 0 bridgehead atoms. The molecule has 0 radical (unpaired) electrons. The fourth-order valence-electron chi connectivity index (χ4n) is 5.82. The third-order valence-electron chi connectivity index (χ3n) is 8.77. The number of unbranched alkanes of at least 4 members (excludes halogenated alkanes) is 27. The van der Waals surface area contributed by atoms with Crippen LogP contribution in [0.15, 0.2) is 12.2 Å². The molecule has 4 heteroatoms. The Balaban J connectivity index is 3.43. The molecule has 2 unspecified atom stereocenters. The molecular formula is C38H75NO3. The van der Waals surface area contributed by atoms with Gasteiger partial charge in [0, 0.05) is 6.42 Å². The van der Waals surface area contributed by atoms with Crippen molar-refractivity contribution in [1.29, 1.82) is 0 Å². The summed E-state index contributed by atoms with van der Waals surface area (Å²) in [5.74, 6) is -0.0652. The molecule has 0 saturated heterocycles. The zero-order valence-corrected chi connectivity index (χ0v) is 28.5. The molecule has 4 nitrogen and oxygen atoms in total. The van der Waals surface area contributed by atoms with Gasteiger partial charge >= 0.3 is 0 Å². The van der Waals surface area contributed by atoms with E-state index in [1.165, 1.54) is 161 Å². The van der Waals surface area contributed by atoms with Crippen molar-refractivity contribution < 1.29 is 15.0 Å². The summed E-state index contributed by atoms with van der Waals surface area (Å²) in [6.07, 6.45) is 41.8. The van der Waals surface area contributed by atoms with Gasteiger partial charge in [0.05, 0.1) is 18.8 Å². The predicted molar refractivity (Wildman–Crippen MR) is 184 cm³/mol. The van der Waals surface area contributed by atoms with Crippen molar-refractivity contribution in [2.45, 2.75) is 219 Å². The molecule has 0 saturated carbocycles. The predicted octanol–water partition coefficient (Wildman–Crippen LogP) is 11.1. The lowest BCUT2D eigenvalue weighted by Crippen LogP contribution is -2.45. The summed E-state index contributed by atoms with van der Waals surface area (Å²) in [7, 11) is 0. The van der Waals surface area contributed by atoms with Gasteiger partial charge in [-0.25, -0.2) is 0 Å². The Morgan fingerprint density at radius 3 is 1.24 bits per heavy atom. The molecule has 0 rings (SSSR count). The average molecular weight is 594 g/mol. The molecule has 0 aliphatic heterocycles. The Kier molecular flexibility index (Phi) is 33.9. The Labute approximate surface area is 263 Å². The number of nitrogens with one attached hydrogen (secondary N) is 1. The number of aliphatic hydroxyl groups is 2. The number of allylic oxidation sites excluding steroid dienone is 1. The van der Waals surface area contributed by atoms with E-state index in [1.54, 1.807) is 6.08 Å². The van der Waals surface area contributed by atoms with Crippen molar-refractivity contribution in [3.05, 3.63) is 12.2 Å². The first kappa shape index (κ1) is 41.1. The van der Waals surface area contributed by atoms with Gasteiger partial charge in [-0.1, -0.05) is 193 Å². The number of carbonyl (C=O) groups is 1. The van der Waals surface area contributed by atoms with Crippen molar-refractivity contribution in [3.63, 3.8) is 0 Å². The number of aliphatic hydroxyl groups excluding tert-OH is 2. The molecule has 2 atom stereocenters. The van der Waals surface area contributed by atoms with Crippen molar-refractivity contribution in [2.24, 2.45) is 0 Å². The van der Waals surface area contributed by atoms with E-state index < -0.39 is 12.1 Å². The molecular weight excluding hydrogens is 518 g/mol. The van der Waals surface area contributed by atoms with E-state index in [-0.39, 0.29) is 12.5 Å². The molecule has 1 amide bonds. The highest BCUT2D eigenvalue weighted by atomic mass is 16.3. The Morgan fingerprint density at radius 1 is 0.548 bits per heavy atom. The van der Waals surface area contributed by atoms with Crippen LogP contribution in [0, 0.1) is 0 Å². The Morgan fingerprint density at radius 2 is 0.881 bits per heavy atom. The Bertz CT molecular complexity index is 565. The van der Waals surface area contributed by atoms with E-state index >= 15 is 0 Å². The normalized spacial score (nSPS) is 13.1. The minimum atomic E-state index is -0.830. The SMILES string of the molecule is CCCCCCC/C=C/C(O)C(CO)NC(=O)CCCCCCCCCCCCCCCCCCCCCCCCC. The topological polar surface area (TPSA) is 69.6 Å². The maximum Gasteiger partial charge on any atom is 0.220 e. The summed E-state index contributed by atoms with van der Waals surface area (Å²) in [5.41, 5.74) is 0. The lowest BCUT2D eigenvalue weighted by atomic mass is 10.0. The molecule has 0 aromatic carbocycles. The second kappa shape index (κ2) is 34.6. The van der Waals surface area contributed by atoms with Crippen LogP contribution >= 0.6 is 0 Å². The summed E-state index contributed by atoms with van der Waals surface area (Å²) < 4.78 is 0. The average Bonchev–Trinajstić information content (AvgIpc) is 2.99. The zero-order chi connectivity index (χ0) is 30.8. The standard InChI is InChI=1S/C38H75NO3/c1-3-5-7-9-11-12-13-14-15-16-17-18-19-20-21-22-23-24-25-26-28-30-32-34-38(42)39-36(35-40)37(41)33-31-29-27-10-8-6-4-2/h31,33,36-37,40-41H,3-30,32,34-35H2,1-2H3,(H,39,42)/b33-31+. The summed E-state index contributed by atoms with van der Waals surface area (Å²) in [6.45, 7) is 4.26. The van der Waals surface area contributed by atoms with Crippen molar-refractivity contribution >= 4 is 5.91 Å². The summed E-state index contributed by atoms with van der Waals surface area (Å²) in [5, 5.41) is 22.7. The molecule has 0 spiro atoms. The maximum atomic E-state index is 12.3. The fraction of sp³-hybridized carbons (Fsp3) is 0.921. The van der Waals surface area contributed by atoms with E-state index in [9.17, 15) is 15.0 Å². The van der Waals surface area contributed by atoms with Gasteiger partial charge in [0.1, 0.15) is 0 Å². The van der Waals surface area contributed by atoms with Crippen molar-refractivity contribution in [2.75, 3.05) is 6.61 Å². The first-order valence-corrected chi connectivity index (χ1v) is 18.9. The molecule has 0 aliphatic rings. The van der Waals surface area contributed by atoms with E-state index in [1.807, 2.05) is 6.08 Å². The third-order valence-corrected chi connectivity index (χ3v) is 8.77. The van der Waals surface area contributed by atoms with Crippen LogP contribution in [-0.2, 0) is 4.79 Å². The van der Waals surface area contributed by atoms with Crippen molar-refractivity contribution in [1.82, 2.24) is 5.32 Å². The van der Waals surface area contributed by atoms with Gasteiger partial charge in [0.25, 0.3) is 0 Å². The first-order chi connectivity index (χ1) is 20.7. The fourth-order valence-corrected chi connectivity index (χ4v) is 5.82. The molecule has 250 valence electrons. The molecule has 42 heavy (non-hydrogen) atoms. The van der Waals surface area contributed by atoms with Crippen LogP contribution in [0.3, 0.4) is 0 Å². The van der Waals surface area contributed by atoms with Gasteiger partial charge in [0.15, 0.2) is 0 Å². The lowest BCUT2D eigenvalue weighted by molar-refractivity contribution is -0.123. The minimum absolute atomic E-state index is 0.0652. The van der Waals surface area contributed by atoms with Gasteiger partial charge in [-0.3, -0.25) is 4.79 Å². The number of hydrogen-bond donors (Lipinski definition) is 3. The number of carbonyl (C=O) groups excluding carboxylic acids is 1. The van der Waals surface area contributed by atoms with E-state index in [0.29, 0.717) is 6.42 Å². The van der Waals surface area contributed by atoms with Gasteiger partial charge in [-0.15, -0.1) is 0 Å². The van der Waals surface area contributed by atoms with Crippen LogP contribution in [0.1, 0.15) is 206 Å². The largest absolute Gasteiger partial charge is 0.394 e. The van der Waals surface area contributed by atoms with Gasteiger partial charge in [-0.05, 0) is 19.3 Å². The highest BCUT2D eigenvalue weighted by Gasteiger charge is 2.17. The molecule has 0 aliphatic carbocycles. The Hall–Kier alpha value is -0.870. The smallest absolute Gasteiger partial charge is 0.220 e. The first-order valence-electron chi connectivity index (χ1n) is 18.9. The summed E-state index contributed by atoms with van der Waals surface area (Å²) in [4.78, 5) is 12.3. The van der Waals surface area contributed by atoms with Gasteiger partial charge < -0.3 is 15.5 Å². The number of hydrogen-bond acceptors (Lipinski definition) is 3. The molecule has 0 aromatic rings. The number of amides is 1. The lowest BCUT2D eigenvalue weighted by Gasteiger charge is -2.20. The molecule has 3 N–H and O–H groups in total. The van der Waals surface area contributed by atoms with E-state index in [0.717, 1.165) is 25.7 Å². The third kappa shape index (κ3) is 30.6. The maximum absolute atomic E-state index is 12.3. The van der Waals surface area contributed by atoms with Crippen LogP contribution in [0.2, 0.25) is 0 Å². The molecule has 0 aromatic heterocycles. The van der Waals surface area contributed by atoms with E-state index in [4.69, 9.17) is 0 Å². The van der Waals surface area contributed by atoms with Gasteiger partial charge in [-0.2, -0.15) is 0 Å². The van der Waals surface area contributed by atoms with Crippen LogP contribution in [0.5, 0.6) is 0 Å². The zero-order valence-electron chi connectivity index (χ0n) is 28.5. The quantitative estimate of drug-likeness (QED) is 0.0513. The summed E-state index contributed by atoms with van der Waals surface area (Å²) in [6, 6.07) is -0.613. The van der Waals surface area contributed by atoms with Crippen LogP contribution in [0.25, 0.3) is 0 Å². The monoisotopic (exact) mass is 594 g/mol. The summed E-state index contributed by atoms with van der Waals surface area (Å²) >= 11 is 0. The van der Waals surface area contributed by atoms with Gasteiger partial charge in [0.2, 0.25) is 5.91 Å². The number of rotatable bonds is 34. The second-order valence-electron chi connectivity index (χ2n) is 13.0. The minimum Gasteiger partial charge on any atom is -0.394 e. The highest BCUT2D eigenvalue weighted by Crippen LogP contribution is 2.16. The molecule has 0 fully saturated rings. The van der Waals surface area contributed by atoms with Crippen LogP contribution in [0.4, 0.5) is 0 Å². The molecule has 0 heterocycles.